The maximum absolute atomic E-state index is 13.4. The van der Waals surface area contributed by atoms with Crippen LogP contribution >= 0.6 is 0 Å². The summed E-state index contributed by atoms with van der Waals surface area (Å²) in [5.74, 6) is 0.183. The van der Waals surface area contributed by atoms with Crippen LogP contribution in [-0.4, -0.2) is 22.5 Å². The molecule has 1 aromatic heterocycles. The van der Waals surface area contributed by atoms with E-state index in [1.807, 2.05) is 12.1 Å². The van der Waals surface area contributed by atoms with Crippen molar-refractivity contribution in [3.8, 4) is 11.5 Å². The van der Waals surface area contributed by atoms with Gasteiger partial charge in [0.05, 0.1) is 0 Å². The molecule has 1 atom stereocenters. The summed E-state index contributed by atoms with van der Waals surface area (Å²) in [6.07, 6.45) is 3.88. The average molecular weight is 324 g/mol. The van der Waals surface area contributed by atoms with E-state index in [9.17, 15) is 4.39 Å². The molecule has 4 heteroatoms. The predicted molar refractivity (Wildman–Crippen MR) is 93.1 cm³/mol. The molecule has 0 amide bonds. The van der Waals surface area contributed by atoms with Gasteiger partial charge < -0.3 is 4.42 Å². The highest BCUT2D eigenvalue weighted by atomic mass is 19.1. The third kappa shape index (κ3) is 3.06. The first-order chi connectivity index (χ1) is 11.7. The van der Waals surface area contributed by atoms with E-state index in [4.69, 9.17) is 4.42 Å². The van der Waals surface area contributed by atoms with Gasteiger partial charge >= 0.3 is 0 Å². The lowest BCUT2D eigenvalue weighted by molar-refractivity contribution is 0.152. The third-order valence-corrected chi connectivity index (χ3v) is 4.85. The Morgan fingerprint density at radius 3 is 2.96 bits per heavy atom. The lowest BCUT2D eigenvalue weighted by Gasteiger charge is -2.33. The van der Waals surface area contributed by atoms with Crippen molar-refractivity contribution in [3.05, 3.63) is 53.8 Å². The fraction of sp³-hybridized carbons (Fsp3) is 0.350. The Labute approximate surface area is 141 Å². The average Bonchev–Trinajstić information content (AvgIpc) is 3.00. The summed E-state index contributed by atoms with van der Waals surface area (Å²) in [5, 5.41) is 0. The van der Waals surface area contributed by atoms with Crippen LogP contribution in [0.15, 0.2) is 46.9 Å². The third-order valence-electron chi connectivity index (χ3n) is 4.85. The molecule has 0 spiro atoms. The van der Waals surface area contributed by atoms with Gasteiger partial charge in [-0.05, 0) is 62.2 Å². The first kappa shape index (κ1) is 15.3. The Balaban J connectivity index is 1.61. The zero-order chi connectivity index (χ0) is 16.5. The molecule has 0 aliphatic carbocycles. The number of oxazole rings is 1. The van der Waals surface area contributed by atoms with Crippen LogP contribution in [0.1, 0.15) is 31.7 Å². The van der Waals surface area contributed by atoms with Gasteiger partial charge in [-0.25, -0.2) is 9.37 Å². The zero-order valence-electron chi connectivity index (χ0n) is 13.8. The van der Waals surface area contributed by atoms with Gasteiger partial charge in [-0.2, -0.15) is 0 Å². The number of hydrogen-bond donors (Lipinski definition) is 0. The van der Waals surface area contributed by atoms with Gasteiger partial charge in [-0.15, -0.1) is 0 Å². The second-order valence-electron chi connectivity index (χ2n) is 6.65. The van der Waals surface area contributed by atoms with Crippen LogP contribution in [0.2, 0.25) is 0 Å². The van der Waals surface area contributed by atoms with E-state index in [-0.39, 0.29) is 5.82 Å². The molecule has 24 heavy (non-hydrogen) atoms. The first-order valence-corrected chi connectivity index (χ1v) is 8.58. The normalized spacial score (nSPS) is 19.0. The number of hydrogen-bond acceptors (Lipinski definition) is 3. The van der Waals surface area contributed by atoms with E-state index in [1.54, 1.807) is 6.07 Å². The van der Waals surface area contributed by atoms with Crippen molar-refractivity contribution >= 4 is 11.1 Å². The quantitative estimate of drug-likeness (QED) is 0.678. The minimum Gasteiger partial charge on any atom is -0.436 e. The van der Waals surface area contributed by atoms with E-state index in [1.165, 1.54) is 37.0 Å². The standard InChI is InChI=1S/C20H21FN2O/c1-14-5-2-3-10-23(14)13-15-8-9-19-18(11-15)22-20(24-19)16-6-4-7-17(21)12-16/h4,6-9,11-12,14H,2-3,5,10,13H2,1H3/t14-/m1/s1. The minimum atomic E-state index is -0.283. The first-order valence-electron chi connectivity index (χ1n) is 8.58. The summed E-state index contributed by atoms with van der Waals surface area (Å²) in [6, 6.07) is 13.1. The summed E-state index contributed by atoms with van der Waals surface area (Å²) in [4.78, 5) is 7.07. The molecule has 1 aliphatic heterocycles. The SMILES string of the molecule is C[C@@H]1CCCCN1Cc1ccc2oc(-c3cccc(F)c3)nc2c1. The van der Waals surface area contributed by atoms with Crippen LogP contribution in [0.3, 0.4) is 0 Å². The lowest BCUT2D eigenvalue weighted by atomic mass is 10.0. The number of rotatable bonds is 3. The van der Waals surface area contributed by atoms with Crippen LogP contribution in [0.5, 0.6) is 0 Å². The van der Waals surface area contributed by atoms with Crippen LogP contribution in [0.4, 0.5) is 4.39 Å². The van der Waals surface area contributed by atoms with E-state index in [0.29, 0.717) is 17.5 Å². The molecule has 0 radical (unpaired) electrons. The van der Waals surface area contributed by atoms with E-state index < -0.39 is 0 Å². The molecule has 2 aromatic carbocycles. The minimum absolute atomic E-state index is 0.283. The van der Waals surface area contributed by atoms with E-state index in [0.717, 1.165) is 24.2 Å². The van der Waals surface area contributed by atoms with Crippen molar-refractivity contribution in [2.75, 3.05) is 6.54 Å². The largest absolute Gasteiger partial charge is 0.436 e. The summed E-state index contributed by atoms with van der Waals surface area (Å²) in [7, 11) is 0. The number of nitrogens with zero attached hydrogens (tertiary/aromatic N) is 2. The molecule has 3 nitrogen and oxygen atoms in total. The van der Waals surface area contributed by atoms with Crippen LogP contribution in [0.25, 0.3) is 22.6 Å². The molecule has 0 saturated carbocycles. The predicted octanol–water partition coefficient (Wildman–Crippen LogP) is 5.01. The summed E-state index contributed by atoms with van der Waals surface area (Å²) in [5.41, 5.74) is 3.48. The maximum atomic E-state index is 13.4. The highest BCUT2D eigenvalue weighted by molar-refractivity contribution is 5.76. The molecule has 0 bridgehead atoms. The second kappa shape index (κ2) is 6.36. The fourth-order valence-corrected chi connectivity index (χ4v) is 3.44. The summed E-state index contributed by atoms with van der Waals surface area (Å²) in [6.45, 7) is 4.40. The molecule has 1 aliphatic rings. The van der Waals surface area contributed by atoms with Gasteiger partial charge in [-0.3, -0.25) is 4.90 Å². The van der Waals surface area contributed by atoms with Gasteiger partial charge in [0.25, 0.3) is 0 Å². The molecule has 3 aromatic rings. The number of benzene rings is 2. The summed E-state index contributed by atoms with van der Waals surface area (Å²) >= 11 is 0. The Morgan fingerprint density at radius 1 is 1.21 bits per heavy atom. The van der Waals surface area contributed by atoms with Crippen molar-refractivity contribution < 1.29 is 8.81 Å². The van der Waals surface area contributed by atoms with E-state index >= 15 is 0 Å². The molecule has 0 unspecified atom stereocenters. The molecule has 4 rings (SSSR count). The molecule has 0 N–H and O–H groups in total. The number of halogens is 1. The van der Waals surface area contributed by atoms with Crippen LogP contribution < -0.4 is 0 Å². The van der Waals surface area contributed by atoms with Crippen molar-refractivity contribution in [2.24, 2.45) is 0 Å². The molecule has 1 saturated heterocycles. The monoisotopic (exact) mass is 324 g/mol. The second-order valence-corrected chi connectivity index (χ2v) is 6.65. The molecular weight excluding hydrogens is 303 g/mol. The van der Waals surface area contributed by atoms with Gasteiger partial charge in [0.15, 0.2) is 5.58 Å². The Hall–Kier alpha value is -2.20. The molecule has 124 valence electrons. The number of fused-ring (bicyclic) bond motifs is 1. The highest BCUT2D eigenvalue weighted by Gasteiger charge is 2.18. The Morgan fingerprint density at radius 2 is 2.12 bits per heavy atom. The van der Waals surface area contributed by atoms with Gasteiger partial charge in [0.2, 0.25) is 5.89 Å². The van der Waals surface area contributed by atoms with Crippen molar-refractivity contribution in [2.45, 2.75) is 38.8 Å². The fourth-order valence-electron chi connectivity index (χ4n) is 3.44. The maximum Gasteiger partial charge on any atom is 0.227 e. The topological polar surface area (TPSA) is 29.3 Å². The summed E-state index contributed by atoms with van der Waals surface area (Å²) < 4.78 is 19.2. The van der Waals surface area contributed by atoms with Crippen molar-refractivity contribution in [1.82, 2.24) is 9.88 Å². The van der Waals surface area contributed by atoms with Crippen LogP contribution in [0, 0.1) is 5.82 Å². The lowest BCUT2D eigenvalue weighted by Crippen LogP contribution is -2.36. The Bertz CT molecular complexity index is 858. The van der Waals surface area contributed by atoms with Gasteiger partial charge in [0, 0.05) is 18.2 Å². The molecular formula is C20H21FN2O. The van der Waals surface area contributed by atoms with Crippen LogP contribution in [-0.2, 0) is 6.54 Å². The van der Waals surface area contributed by atoms with Crippen molar-refractivity contribution in [1.29, 1.82) is 0 Å². The number of aromatic nitrogens is 1. The molecule has 2 heterocycles. The smallest absolute Gasteiger partial charge is 0.227 e. The number of piperidine rings is 1. The van der Waals surface area contributed by atoms with Gasteiger partial charge in [0.1, 0.15) is 11.3 Å². The highest BCUT2D eigenvalue weighted by Crippen LogP contribution is 2.26. The zero-order valence-corrected chi connectivity index (χ0v) is 13.8. The van der Waals surface area contributed by atoms with Gasteiger partial charge in [-0.1, -0.05) is 18.6 Å². The van der Waals surface area contributed by atoms with Crippen molar-refractivity contribution in [3.63, 3.8) is 0 Å². The number of likely N-dealkylation sites (tertiary alicyclic amines) is 1. The van der Waals surface area contributed by atoms with E-state index in [2.05, 4.69) is 28.9 Å². The molecule has 1 fully saturated rings. The Kier molecular flexibility index (Phi) is 4.07.